The van der Waals surface area contributed by atoms with Gasteiger partial charge < -0.3 is 5.73 Å². The summed E-state index contributed by atoms with van der Waals surface area (Å²) in [5.41, 5.74) is 5.61. The fraction of sp³-hybridized carbons (Fsp3) is 0.250. The van der Waals surface area contributed by atoms with E-state index in [4.69, 9.17) is 5.73 Å². The summed E-state index contributed by atoms with van der Waals surface area (Å²) in [5, 5.41) is 0.163. The van der Waals surface area contributed by atoms with E-state index in [1.807, 2.05) is 19.1 Å². The van der Waals surface area contributed by atoms with Gasteiger partial charge in [-0.25, -0.2) is 0 Å². The summed E-state index contributed by atoms with van der Waals surface area (Å²) in [4.78, 5) is 1.21. The third-order valence-corrected chi connectivity index (χ3v) is 2.58. The quantitative estimate of drug-likeness (QED) is 0.626. The van der Waals surface area contributed by atoms with Crippen molar-refractivity contribution in [3.05, 3.63) is 28.7 Å². The first-order valence-electron chi connectivity index (χ1n) is 3.36. The van der Waals surface area contributed by atoms with Gasteiger partial charge in [-0.2, -0.15) is 0 Å². The van der Waals surface area contributed by atoms with E-state index in [-0.39, 0.29) is 5.37 Å². The van der Waals surface area contributed by atoms with Gasteiger partial charge in [-0.15, -0.1) is 11.8 Å². The Morgan fingerprint density at radius 2 is 1.91 bits per heavy atom. The molecule has 1 rings (SSSR count). The first kappa shape index (κ1) is 9.10. The molecule has 0 aliphatic heterocycles. The number of hydrogen-bond donors (Lipinski definition) is 1. The summed E-state index contributed by atoms with van der Waals surface area (Å²) in [7, 11) is 0. The van der Waals surface area contributed by atoms with Crippen LogP contribution in [0.2, 0.25) is 0 Å². The van der Waals surface area contributed by atoms with Crippen LogP contribution in [0.1, 0.15) is 6.92 Å². The number of halogens is 1. The second-order valence-electron chi connectivity index (χ2n) is 2.28. The molecule has 0 spiro atoms. The molecule has 60 valence electrons. The molecule has 0 saturated carbocycles. The SMILES string of the molecule is CC(N)Sc1ccc(Br)cc1. The number of rotatable bonds is 2. The molecule has 1 unspecified atom stereocenters. The van der Waals surface area contributed by atoms with Crippen LogP contribution in [0.25, 0.3) is 0 Å². The predicted octanol–water partition coefficient (Wildman–Crippen LogP) is 2.85. The molecule has 0 aliphatic carbocycles. The summed E-state index contributed by atoms with van der Waals surface area (Å²) in [6.45, 7) is 1.98. The third kappa shape index (κ3) is 3.27. The zero-order chi connectivity index (χ0) is 8.27. The molecule has 2 N–H and O–H groups in total. The fourth-order valence-electron chi connectivity index (χ4n) is 0.728. The summed E-state index contributed by atoms with van der Waals surface area (Å²) < 4.78 is 1.10. The monoisotopic (exact) mass is 231 g/mol. The van der Waals surface area contributed by atoms with Gasteiger partial charge >= 0.3 is 0 Å². The predicted molar refractivity (Wildman–Crippen MR) is 53.6 cm³/mol. The van der Waals surface area contributed by atoms with Crippen molar-refractivity contribution in [2.24, 2.45) is 5.73 Å². The Bertz CT molecular complexity index is 220. The minimum absolute atomic E-state index is 0.163. The van der Waals surface area contributed by atoms with E-state index in [0.29, 0.717) is 0 Å². The lowest BCUT2D eigenvalue weighted by Crippen LogP contribution is -2.08. The van der Waals surface area contributed by atoms with Gasteiger partial charge in [-0.1, -0.05) is 15.9 Å². The van der Waals surface area contributed by atoms with E-state index in [9.17, 15) is 0 Å². The minimum Gasteiger partial charge on any atom is -0.319 e. The highest BCUT2D eigenvalue weighted by Gasteiger charge is 1.96. The maximum atomic E-state index is 5.61. The van der Waals surface area contributed by atoms with Gasteiger partial charge in [0.2, 0.25) is 0 Å². The van der Waals surface area contributed by atoms with Gasteiger partial charge in [0.05, 0.1) is 5.37 Å². The topological polar surface area (TPSA) is 26.0 Å². The van der Waals surface area contributed by atoms with Gasteiger partial charge in [0.1, 0.15) is 0 Å². The van der Waals surface area contributed by atoms with E-state index >= 15 is 0 Å². The van der Waals surface area contributed by atoms with E-state index < -0.39 is 0 Å². The van der Waals surface area contributed by atoms with Crippen LogP contribution in [0.15, 0.2) is 33.6 Å². The Morgan fingerprint density at radius 1 is 1.36 bits per heavy atom. The molecule has 3 heteroatoms. The Morgan fingerprint density at radius 3 is 2.36 bits per heavy atom. The minimum atomic E-state index is 0.163. The number of thioether (sulfide) groups is 1. The van der Waals surface area contributed by atoms with Crippen molar-refractivity contribution in [2.45, 2.75) is 17.2 Å². The van der Waals surface area contributed by atoms with Crippen LogP contribution in [-0.4, -0.2) is 5.37 Å². The highest BCUT2D eigenvalue weighted by Crippen LogP contribution is 2.22. The van der Waals surface area contributed by atoms with E-state index in [0.717, 1.165) is 4.47 Å². The molecule has 0 aliphatic rings. The average molecular weight is 232 g/mol. The van der Waals surface area contributed by atoms with Crippen LogP contribution >= 0.6 is 27.7 Å². The van der Waals surface area contributed by atoms with E-state index in [1.54, 1.807) is 11.8 Å². The molecule has 1 atom stereocenters. The molecule has 0 bridgehead atoms. The lowest BCUT2D eigenvalue weighted by atomic mass is 10.4. The number of benzene rings is 1. The number of nitrogens with two attached hydrogens (primary N) is 1. The van der Waals surface area contributed by atoms with Gasteiger partial charge in [0.25, 0.3) is 0 Å². The van der Waals surface area contributed by atoms with Crippen LogP contribution < -0.4 is 5.73 Å². The van der Waals surface area contributed by atoms with E-state index in [1.165, 1.54) is 4.90 Å². The summed E-state index contributed by atoms with van der Waals surface area (Å²) in [5.74, 6) is 0. The Kier molecular flexibility index (Phi) is 3.43. The summed E-state index contributed by atoms with van der Waals surface area (Å²) in [6.07, 6.45) is 0. The standard InChI is InChI=1S/C8H10BrNS/c1-6(10)11-8-4-2-7(9)3-5-8/h2-6H,10H2,1H3. The Hall–Kier alpha value is 0.01000. The highest BCUT2D eigenvalue weighted by molar-refractivity contribution is 9.10. The smallest absolute Gasteiger partial charge is 0.0525 e. The summed E-state index contributed by atoms with van der Waals surface area (Å²) in [6, 6.07) is 8.14. The molecular formula is C8H10BrNS. The molecule has 11 heavy (non-hydrogen) atoms. The van der Waals surface area contributed by atoms with Crippen molar-refractivity contribution < 1.29 is 0 Å². The molecule has 0 radical (unpaired) electrons. The van der Waals surface area contributed by atoms with Crippen molar-refractivity contribution in [1.82, 2.24) is 0 Å². The largest absolute Gasteiger partial charge is 0.319 e. The van der Waals surface area contributed by atoms with Crippen molar-refractivity contribution in [3.63, 3.8) is 0 Å². The fourth-order valence-corrected chi connectivity index (χ4v) is 1.71. The average Bonchev–Trinajstić information content (AvgIpc) is 1.93. The molecule has 1 aromatic carbocycles. The van der Waals surface area contributed by atoms with Crippen LogP contribution in [-0.2, 0) is 0 Å². The zero-order valence-electron chi connectivity index (χ0n) is 6.25. The molecule has 1 aromatic rings. The molecular weight excluding hydrogens is 222 g/mol. The molecule has 0 amide bonds. The molecule has 0 fully saturated rings. The van der Waals surface area contributed by atoms with Crippen molar-refractivity contribution in [2.75, 3.05) is 0 Å². The second kappa shape index (κ2) is 4.14. The lowest BCUT2D eigenvalue weighted by Gasteiger charge is -2.03. The maximum absolute atomic E-state index is 5.61. The van der Waals surface area contributed by atoms with Gasteiger partial charge in [0, 0.05) is 9.37 Å². The molecule has 1 nitrogen and oxygen atoms in total. The Labute approximate surface area is 79.5 Å². The van der Waals surface area contributed by atoms with E-state index in [2.05, 4.69) is 28.1 Å². The summed E-state index contributed by atoms with van der Waals surface area (Å²) >= 11 is 5.04. The van der Waals surface area contributed by atoms with Crippen molar-refractivity contribution in [1.29, 1.82) is 0 Å². The zero-order valence-corrected chi connectivity index (χ0v) is 8.65. The van der Waals surface area contributed by atoms with Crippen molar-refractivity contribution in [3.8, 4) is 0 Å². The van der Waals surface area contributed by atoms with Crippen molar-refractivity contribution >= 4 is 27.7 Å². The lowest BCUT2D eigenvalue weighted by molar-refractivity contribution is 1.04. The molecule has 0 aromatic heterocycles. The number of hydrogen-bond acceptors (Lipinski definition) is 2. The highest BCUT2D eigenvalue weighted by atomic mass is 79.9. The maximum Gasteiger partial charge on any atom is 0.0525 e. The van der Waals surface area contributed by atoms with Gasteiger partial charge in [-0.3, -0.25) is 0 Å². The Balaban J connectivity index is 2.66. The van der Waals surface area contributed by atoms with Crippen LogP contribution in [0.5, 0.6) is 0 Å². The van der Waals surface area contributed by atoms with Crippen LogP contribution in [0, 0.1) is 0 Å². The van der Waals surface area contributed by atoms with Crippen LogP contribution in [0.3, 0.4) is 0 Å². The third-order valence-electron chi connectivity index (χ3n) is 1.14. The molecule has 0 saturated heterocycles. The van der Waals surface area contributed by atoms with Crippen LogP contribution in [0.4, 0.5) is 0 Å². The van der Waals surface area contributed by atoms with Gasteiger partial charge in [-0.05, 0) is 31.2 Å². The second-order valence-corrected chi connectivity index (χ2v) is 4.64. The molecule has 0 heterocycles. The first-order valence-corrected chi connectivity index (χ1v) is 5.03. The normalized spacial score (nSPS) is 13.0. The first-order chi connectivity index (χ1) is 5.18. The van der Waals surface area contributed by atoms with Gasteiger partial charge in [0.15, 0.2) is 0 Å².